The summed E-state index contributed by atoms with van der Waals surface area (Å²) >= 11 is 0. The molecule has 0 fully saturated rings. The number of hydrogen-bond acceptors (Lipinski definition) is 2. The largest absolute Gasteiger partial charge is 0.466 e. The summed E-state index contributed by atoms with van der Waals surface area (Å²) in [6.45, 7) is 7.73. The Morgan fingerprint density at radius 2 is 2.00 bits per heavy atom. The first-order valence-corrected chi connectivity index (χ1v) is 8.84. The van der Waals surface area contributed by atoms with E-state index in [1.165, 1.54) is 29.3 Å². The molecular weight excluding hydrogens is 286 g/mol. The Labute approximate surface area is 139 Å². The van der Waals surface area contributed by atoms with Crippen LogP contribution in [0.25, 0.3) is 10.9 Å². The van der Waals surface area contributed by atoms with Crippen LogP contribution in [0.15, 0.2) is 30.5 Å². The van der Waals surface area contributed by atoms with Gasteiger partial charge < -0.3 is 9.30 Å². The number of carbonyl (C=O) groups is 1. The highest BCUT2D eigenvalue weighted by Gasteiger charge is 2.09. The van der Waals surface area contributed by atoms with Crippen LogP contribution >= 0.6 is 0 Å². The summed E-state index contributed by atoms with van der Waals surface area (Å²) in [6.07, 6.45) is 7.21. The number of benzene rings is 1. The standard InChI is InChI=1S/C20H29NO2/c1-4-23-20(22)13-8-14-21-15-17(10-7-9-16(2)3)18-11-5-6-12-19(18)21/h5-6,11-12,15-16H,4,7-10,13-14H2,1-3H3. The van der Waals surface area contributed by atoms with Crippen molar-refractivity contribution in [3.63, 3.8) is 0 Å². The number of rotatable bonds is 9. The van der Waals surface area contributed by atoms with Crippen molar-refractivity contribution >= 4 is 16.9 Å². The smallest absolute Gasteiger partial charge is 0.305 e. The van der Waals surface area contributed by atoms with E-state index in [1.54, 1.807) is 0 Å². The fourth-order valence-corrected chi connectivity index (χ4v) is 3.03. The quantitative estimate of drug-likeness (QED) is 0.612. The van der Waals surface area contributed by atoms with E-state index in [-0.39, 0.29) is 5.97 Å². The molecule has 0 aliphatic rings. The van der Waals surface area contributed by atoms with Gasteiger partial charge in [-0.2, -0.15) is 0 Å². The molecule has 2 aromatic rings. The summed E-state index contributed by atoms with van der Waals surface area (Å²) in [6, 6.07) is 8.58. The molecular formula is C20H29NO2. The van der Waals surface area contributed by atoms with Gasteiger partial charge >= 0.3 is 5.97 Å². The van der Waals surface area contributed by atoms with E-state index in [1.807, 2.05) is 6.92 Å². The highest BCUT2D eigenvalue weighted by molar-refractivity contribution is 5.84. The number of fused-ring (bicyclic) bond motifs is 1. The van der Waals surface area contributed by atoms with Gasteiger partial charge in [0.2, 0.25) is 0 Å². The molecule has 0 radical (unpaired) electrons. The molecule has 0 spiro atoms. The zero-order valence-corrected chi connectivity index (χ0v) is 14.7. The van der Waals surface area contributed by atoms with E-state index in [0.717, 1.165) is 25.3 Å². The number of carbonyl (C=O) groups excluding carboxylic acids is 1. The molecule has 0 saturated carbocycles. The molecule has 0 bridgehead atoms. The van der Waals surface area contributed by atoms with Gasteiger partial charge in [-0.3, -0.25) is 4.79 Å². The number of aromatic nitrogens is 1. The third-order valence-electron chi connectivity index (χ3n) is 4.18. The minimum atomic E-state index is -0.0962. The van der Waals surface area contributed by atoms with Crippen LogP contribution in [0, 0.1) is 5.92 Å². The van der Waals surface area contributed by atoms with E-state index in [2.05, 4.69) is 48.9 Å². The predicted molar refractivity (Wildman–Crippen MR) is 95.6 cm³/mol. The van der Waals surface area contributed by atoms with Gasteiger partial charge in [-0.15, -0.1) is 0 Å². The van der Waals surface area contributed by atoms with Crippen molar-refractivity contribution in [3.05, 3.63) is 36.0 Å². The number of nitrogens with zero attached hydrogens (tertiary/aromatic N) is 1. The molecule has 3 nitrogen and oxygen atoms in total. The third-order valence-corrected chi connectivity index (χ3v) is 4.18. The van der Waals surface area contributed by atoms with Crippen LogP contribution in [0.2, 0.25) is 0 Å². The van der Waals surface area contributed by atoms with E-state index in [4.69, 9.17) is 4.74 Å². The maximum absolute atomic E-state index is 11.5. The maximum Gasteiger partial charge on any atom is 0.305 e. The minimum Gasteiger partial charge on any atom is -0.466 e. The van der Waals surface area contributed by atoms with Gasteiger partial charge in [-0.05, 0) is 43.7 Å². The average Bonchev–Trinajstić information content (AvgIpc) is 2.86. The van der Waals surface area contributed by atoms with Crippen molar-refractivity contribution in [3.8, 4) is 0 Å². The van der Waals surface area contributed by atoms with Crippen molar-refractivity contribution in [1.29, 1.82) is 0 Å². The van der Waals surface area contributed by atoms with Crippen molar-refractivity contribution in [2.24, 2.45) is 5.92 Å². The van der Waals surface area contributed by atoms with Crippen molar-refractivity contribution in [1.82, 2.24) is 4.57 Å². The van der Waals surface area contributed by atoms with Crippen LogP contribution < -0.4 is 0 Å². The average molecular weight is 315 g/mol. The van der Waals surface area contributed by atoms with E-state index >= 15 is 0 Å². The van der Waals surface area contributed by atoms with Gasteiger partial charge in [0.1, 0.15) is 0 Å². The SMILES string of the molecule is CCOC(=O)CCCn1cc(CCCC(C)C)c2ccccc21. The summed E-state index contributed by atoms with van der Waals surface area (Å²) in [5, 5.41) is 1.35. The van der Waals surface area contributed by atoms with E-state index < -0.39 is 0 Å². The van der Waals surface area contributed by atoms with Crippen LogP contribution in [0.5, 0.6) is 0 Å². The molecule has 23 heavy (non-hydrogen) atoms. The van der Waals surface area contributed by atoms with Crippen LogP contribution in [0.1, 0.15) is 52.0 Å². The molecule has 1 aromatic carbocycles. The number of para-hydroxylation sites is 1. The molecule has 1 heterocycles. The third kappa shape index (κ3) is 5.12. The lowest BCUT2D eigenvalue weighted by molar-refractivity contribution is -0.143. The van der Waals surface area contributed by atoms with Crippen LogP contribution in [0.3, 0.4) is 0 Å². The molecule has 0 unspecified atom stereocenters. The van der Waals surface area contributed by atoms with Gasteiger partial charge in [0, 0.05) is 30.1 Å². The second-order valence-electron chi connectivity index (χ2n) is 6.56. The molecule has 0 aliphatic heterocycles. The Balaban J connectivity index is 2.03. The normalized spacial score (nSPS) is 11.3. The predicted octanol–water partition coefficient (Wildman–Crippen LogP) is 4.96. The molecule has 0 atom stereocenters. The lowest BCUT2D eigenvalue weighted by atomic mass is 10.0. The highest BCUT2D eigenvalue weighted by Crippen LogP contribution is 2.24. The lowest BCUT2D eigenvalue weighted by Crippen LogP contribution is -2.06. The van der Waals surface area contributed by atoms with E-state index in [0.29, 0.717) is 13.0 Å². The summed E-state index contributed by atoms with van der Waals surface area (Å²) in [5.74, 6) is 0.661. The molecule has 3 heteroatoms. The summed E-state index contributed by atoms with van der Waals surface area (Å²) in [4.78, 5) is 11.5. The highest BCUT2D eigenvalue weighted by atomic mass is 16.5. The second-order valence-corrected chi connectivity index (χ2v) is 6.56. The van der Waals surface area contributed by atoms with Gasteiger partial charge in [-0.25, -0.2) is 0 Å². The fraction of sp³-hybridized carbons (Fsp3) is 0.550. The first kappa shape index (κ1) is 17.6. The lowest BCUT2D eigenvalue weighted by Gasteiger charge is -2.05. The molecule has 0 aliphatic carbocycles. The number of aryl methyl sites for hydroxylation is 2. The summed E-state index contributed by atoms with van der Waals surface area (Å²) in [5.41, 5.74) is 2.70. The Morgan fingerprint density at radius 3 is 2.74 bits per heavy atom. The van der Waals surface area contributed by atoms with Gasteiger partial charge in [0.05, 0.1) is 6.61 Å². The zero-order chi connectivity index (χ0) is 16.7. The van der Waals surface area contributed by atoms with Crippen LogP contribution in [-0.4, -0.2) is 17.1 Å². The van der Waals surface area contributed by atoms with Gasteiger partial charge in [0.25, 0.3) is 0 Å². The Kier molecular flexibility index (Phi) is 6.69. The molecule has 1 aromatic heterocycles. The van der Waals surface area contributed by atoms with Crippen LogP contribution in [0.4, 0.5) is 0 Å². The first-order chi connectivity index (χ1) is 11.1. The number of esters is 1. The monoisotopic (exact) mass is 315 g/mol. The van der Waals surface area contributed by atoms with Gasteiger partial charge in [-0.1, -0.05) is 38.5 Å². The topological polar surface area (TPSA) is 31.2 Å². The molecule has 0 N–H and O–H groups in total. The van der Waals surface area contributed by atoms with Crippen LogP contribution in [-0.2, 0) is 22.5 Å². The number of ether oxygens (including phenoxy) is 1. The summed E-state index contributed by atoms with van der Waals surface area (Å²) < 4.78 is 7.29. The minimum absolute atomic E-state index is 0.0962. The summed E-state index contributed by atoms with van der Waals surface area (Å²) in [7, 11) is 0. The Bertz CT molecular complexity index is 628. The molecule has 0 amide bonds. The first-order valence-electron chi connectivity index (χ1n) is 8.84. The van der Waals surface area contributed by atoms with Crippen molar-refractivity contribution in [2.45, 2.75) is 59.4 Å². The second kappa shape index (κ2) is 8.76. The Hall–Kier alpha value is -1.77. The van der Waals surface area contributed by atoms with Crippen molar-refractivity contribution < 1.29 is 9.53 Å². The molecule has 2 rings (SSSR count). The molecule has 126 valence electrons. The fourth-order valence-electron chi connectivity index (χ4n) is 3.03. The van der Waals surface area contributed by atoms with E-state index in [9.17, 15) is 4.79 Å². The Morgan fingerprint density at radius 1 is 1.22 bits per heavy atom. The van der Waals surface area contributed by atoms with Crippen molar-refractivity contribution in [2.75, 3.05) is 6.61 Å². The number of hydrogen-bond donors (Lipinski definition) is 0. The van der Waals surface area contributed by atoms with Gasteiger partial charge in [0.15, 0.2) is 0 Å². The zero-order valence-electron chi connectivity index (χ0n) is 14.7. The molecule has 0 saturated heterocycles. The maximum atomic E-state index is 11.5.